The molecule has 154 valence electrons. The van der Waals surface area contributed by atoms with Crippen molar-refractivity contribution >= 4 is 0 Å². The van der Waals surface area contributed by atoms with Gasteiger partial charge in [0.25, 0.3) is 0 Å². The molecular formula is C23H31N3O3+2. The van der Waals surface area contributed by atoms with Crippen LogP contribution in [0.4, 0.5) is 0 Å². The van der Waals surface area contributed by atoms with E-state index in [0.717, 1.165) is 38.5 Å². The summed E-state index contributed by atoms with van der Waals surface area (Å²) in [7, 11) is 1.73. The number of nitrogens with zero attached hydrogens (tertiary/aromatic N) is 1. The molecule has 0 bridgehead atoms. The van der Waals surface area contributed by atoms with Crippen LogP contribution in [0, 0.1) is 18.3 Å². The molecule has 2 aromatic rings. The van der Waals surface area contributed by atoms with Crippen LogP contribution in [0.1, 0.15) is 16.7 Å². The first-order valence-electron chi connectivity index (χ1n) is 10.2. The van der Waals surface area contributed by atoms with E-state index < -0.39 is 6.10 Å². The second-order valence-electron chi connectivity index (χ2n) is 7.80. The van der Waals surface area contributed by atoms with Gasteiger partial charge in [-0.15, -0.1) is 0 Å². The Balaban J connectivity index is 1.41. The topological polar surface area (TPSA) is 71.4 Å². The first-order valence-corrected chi connectivity index (χ1v) is 10.2. The molecule has 2 aromatic carbocycles. The lowest BCUT2D eigenvalue weighted by Gasteiger charge is -2.31. The Kier molecular flexibility index (Phi) is 7.48. The van der Waals surface area contributed by atoms with Gasteiger partial charge >= 0.3 is 0 Å². The number of aryl methyl sites for hydroxylation is 1. The minimum atomic E-state index is -0.501. The van der Waals surface area contributed by atoms with Gasteiger partial charge in [-0.25, -0.2) is 0 Å². The minimum Gasteiger partial charge on any atom is -0.496 e. The van der Waals surface area contributed by atoms with Crippen LogP contribution in [-0.4, -0.2) is 57.7 Å². The molecule has 1 saturated heterocycles. The van der Waals surface area contributed by atoms with Crippen molar-refractivity contribution in [3.63, 3.8) is 0 Å². The Morgan fingerprint density at radius 1 is 1.07 bits per heavy atom. The third-order valence-corrected chi connectivity index (χ3v) is 5.49. The highest BCUT2D eigenvalue weighted by atomic mass is 16.5. The van der Waals surface area contributed by atoms with Crippen LogP contribution in [-0.2, 0) is 6.54 Å². The average molecular weight is 398 g/mol. The van der Waals surface area contributed by atoms with E-state index in [1.54, 1.807) is 36.3 Å². The van der Waals surface area contributed by atoms with Crippen molar-refractivity contribution in [3.8, 4) is 17.6 Å². The molecule has 0 aliphatic carbocycles. The van der Waals surface area contributed by atoms with Crippen LogP contribution in [0.3, 0.4) is 0 Å². The van der Waals surface area contributed by atoms with Crippen LogP contribution < -0.4 is 19.3 Å². The van der Waals surface area contributed by atoms with E-state index in [2.05, 4.69) is 31.2 Å². The largest absolute Gasteiger partial charge is 0.496 e. The number of aliphatic hydroxyl groups is 1. The van der Waals surface area contributed by atoms with Gasteiger partial charge in [0.1, 0.15) is 63.5 Å². The number of methoxy groups -OCH3 is 1. The lowest BCUT2D eigenvalue weighted by Crippen LogP contribution is -3.28. The maximum Gasteiger partial charge on any atom is 0.137 e. The van der Waals surface area contributed by atoms with Crippen molar-refractivity contribution in [2.24, 2.45) is 0 Å². The maximum atomic E-state index is 10.3. The van der Waals surface area contributed by atoms with Crippen molar-refractivity contribution < 1.29 is 24.4 Å². The lowest BCUT2D eigenvalue weighted by molar-refractivity contribution is -1.02. The SMILES string of the molecule is COc1ccc(C)cc1C[NH+]1CC[NH+](C[C@H](O)COc2ccc(C#N)cc2)CC1. The summed E-state index contributed by atoms with van der Waals surface area (Å²) in [6, 6.07) is 15.4. The van der Waals surface area contributed by atoms with E-state index in [4.69, 9.17) is 14.7 Å². The summed E-state index contributed by atoms with van der Waals surface area (Å²) in [4.78, 5) is 2.97. The number of rotatable bonds is 8. The molecule has 3 N–H and O–H groups in total. The standard InChI is InChI=1S/C23H29N3O3/c1-18-3-8-23(28-2)20(13-18)15-25-9-11-26(12-10-25)16-21(27)17-29-22-6-4-19(14-24)5-7-22/h3-8,13,21,27H,9-12,15-17H2,1-2H3/p+2/t21-/m0/s1. The molecule has 3 rings (SSSR count). The van der Waals surface area contributed by atoms with E-state index in [1.807, 2.05) is 0 Å². The van der Waals surface area contributed by atoms with Gasteiger partial charge in [0, 0.05) is 5.56 Å². The van der Waals surface area contributed by atoms with Crippen LogP contribution in [0.2, 0.25) is 0 Å². The summed E-state index contributed by atoms with van der Waals surface area (Å²) in [5.41, 5.74) is 3.13. The molecule has 0 radical (unpaired) electrons. The number of quaternary nitrogens is 2. The average Bonchev–Trinajstić information content (AvgIpc) is 2.74. The number of nitriles is 1. The highest BCUT2D eigenvalue weighted by Gasteiger charge is 2.26. The number of hydrogen-bond acceptors (Lipinski definition) is 4. The summed E-state index contributed by atoms with van der Waals surface area (Å²) in [5, 5.41) is 19.2. The van der Waals surface area contributed by atoms with Gasteiger partial charge in [-0.1, -0.05) is 11.6 Å². The molecule has 0 aromatic heterocycles. The molecule has 6 heteroatoms. The Morgan fingerprint density at radius 3 is 2.41 bits per heavy atom. The van der Waals surface area contributed by atoms with Gasteiger partial charge in [-0.2, -0.15) is 5.26 Å². The molecule has 0 spiro atoms. The van der Waals surface area contributed by atoms with Crippen molar-refractivity contribution in [1.82, 2.24) is 0 Å². The van der Waals surface area contributed by atoms with E-state index >= 15 is 0 Å². The fourth-order valence-corrected chi connectivity index (χ4v) is 3.86. The van der Waals surface area contributed by atoms with Gasteiger partial charge in [0.05, 0.1) is 18.7 Å². The monoisotopic (exact) mass is 397 g/mol. The fourth-order valence-electron chi connectivity index (χ4n) is 3.86. The summed E-state index contributed by atoms with van der Waals surface area (Å²) in [6.45, 7) is 8.29. The highest BCUT2D eigenvalue weighted by molar-refractivity contribution is 5.36. The summed E-state index contributed by atoms with van der Waals surface area (Å²) < 4.78 is 11.2. The fraction of sp³-hybridized carbons (Fsp3) is 0.435. The minimum absolute atomic E-state index is 0.270. The van der Waals surface area contributed by atoms with Crippen LogP contribution in [0.5, 0.6) is 11.5 Å². The van der Waals surface area contributed by atoms with Crippen molar-refractivity contribution in [1.29, 1.82) is 5.26 Å². The summed E-state index contributed by atoms with van der Waals surface area (Å²) >= 11 is 0. The van der Waals surface area contributed by atoms with Crippen LogP contribution >= 0.6 is 0 Å². The number of ether oxygens (including phenoxy) is 2. The molecule has 1 atom stereocenters. The second kappa shape index (κ2) is 10.3. The zero-order valence-corrected chi connectivity index (χ0v) is 17.3. The molecule has 0 unspecified atom stereocenters. The summed E-state index contributed by atoms with van der Waals surface area (Å²) in [6.07, 6.45) is -0.501. The van der Waals surface area contributed by atoms with Gasteiger partial charge in [0.2, 0.25) is 0 Å². The smallest absolute Gasteiger partial charge is 0.137 e. The first kappa shape index (κ1) is 21.1. The molecule has 1 fully saturated rings. The van der Waals surface area contributed by atoms with Crippen molar-refractivity contribution in [2.45, 2.75) is 19.6 Å². The number of hydrogen-bond donors (Lipinski definition) is 3. The van der Waals surface area contributed by atoms with Crippen molar-refractivity contribution in [3.05, 3.63) is 59.2 Å². The molecule has 1 heterocycles. The summed E-state index contributed by atoms with van der Waals surface area (Å²) in [5.74, 6) is 1.65. The zero-order valence-electron chi connectivity index (χ0n) is 17.3. The quantitative estimate of drug-likeness (QED) is 0.567. The molecule has 6 nitrogen and oxygen atoms in total. The molecule has 0 amide bonds. The van der Waals surface area contributed by atoms with E-state index in [9.17, 15) is 5.11 Å². The Hall–Kier alpha value is -2.59. The Labute approximate surface area is 172 Å². The molecule has 1 aliphatic rings. The zero-order chi connectivity index (χ0) is 20.6. The van der Waals surface area contributed by atoms with Crippen LogP contribution in [0.15, 0.2) is 42.5 Å². The third-order valence-electron chi connectivity index (χ3n) is 5.49. The Morgan fingerprint density at radius 2 is 1.76 bits per heavy atom. The van der Waals surface area contributed by atoms with E-state index in [0.29, 0.717) is 17.9 Å². The highest BCUT2D eigenvalue weighted by Crippen LogP contribution is 2.18. The number of aliphatic hydroxyl groups excluding tert-OH is 1. The number of piperazine rings is 1. The first-order chi connectivity index (χ1) is 14.1. The molecule has 1 aliphatic heterocycles. The van der Waals surface area contributed by atoms with Crippen molar-refractivity contribution in [2.75, 3.05) is 46.4 Å². The Bertz CT molecular complexity index is 824. The number of nitrogens with one attached hydrogen (secondary N) is 2. The lowest BCUT2D eigenvalue weighted by atomic mass is 10.1. The van der Waals surface area contributed by atoms with Gasteiger partial charge in [-0.05, 0) is 43.3 Å². The predicted molar refractivity (Wildman–Crippen MR) is 110 cm³/mol. The van der Waals surface area contributed by atoms with Gasteiger partial charge in [-0.3, -0.25) is 0 Å². The normalized spacial score (nSPS) is 19.9. The number of benzene rings is 2. The van der Waals surface area contributed by atoms with Crippen LogP contribution in [0.25, 0.3) is 0 Å². The van der Waals surface area contributed by atoms with Gasteiger partial charge in [0.15, 0.2) is 0 Å². The third kappa shape index (κ3) is 6.20. The second-order valence-corrected chi connectivity index (χ2v) is 7.80. The van der Waals surface area contributed by atoms with Gasteiger partial charge < -0.3 is 24.4 Å². The predicted octanol–water partition coefficient (Wildman–Crippen LogP) is -0.401. The van der Waals surface area contributed by atoms with E-state index in [1.165, 1.54) is 16.0 Å². The molecule has 29 heavy (non-hydrogen) atoms. The molecule has 0 saturated carbocycles. The van der Waals surface area contributed by atoms with E-state index in [-0.39, 0.29) is 6.61 Å². The molecular weight excluding hydrogens is 366 g/mol. The maximum absolute atomic E-state index is 10.3.